The summed E-state index contributed by atoms with van der Waals surface area (Å²) in [6.07, 6.45) is 5.56. The molecule has 0 saturated carbocycles. The molecule has 2 atom stereocenters. The lowest BCUT2D eigenvalue weighted by Crippen LogP contribution is -2.40. The minimum absolute atomic E-state index is 0.00848. The molecular weight excluding hydrogens is 228 g/mol. The molecule has 18 heavy (non-hydrogen) atoms. The van der Waals surface area contributed by atoms with Crippen LogP contribution in [0.1, 0.15) is 47.5 Å². The third-order valence-corrected chi connectivity index (χ3v) is 4.46. The molecule has 0 aromatic rings. The van der Waals surface area contributed by atoms with Gasteiger partial charge in [-0.25, -0.2) is 0 Å². The highest BCUT2D eigenvalue weighted by Gasteiger charge is 2.47. The monoisotopic (exact) mass is 252 g/mol. The van der Waals surface area contributed by atoms with Crippen molar-refractivity contribution in [2.45, 2.75) is 47.5 Å². The predicted molar refractivity (Wildman–Crippen MR) is 71.1 cm³/mol. The van der Waals surface area contributed by atoms with Crippen LogP contribution in [0.2, 0.25) is 0 Å². The molecule has 0 fully saturated rings. The molecule has 0 saturated heterocycles. The van der Waals surface area contributed by atoms with Crippen LogP contribution in [0.15, 0.2) is 12.2 Å². The summed E-state index contributed by atoms with van der Waals surface area (Å²) in [5.74, 6) is -0.410. The van der Waals surface area contributed by atoms with Crippen LogP contribution < -0.4 is 0 Å². The zero-order valence-electron chi connectivity index (χ0n) is 12.1. The van der Waals surface area contributed by atoms with Gasteiger partial charge in [-0.05, 0) is 18.3 Å². The molecule has 1 unspecified atom stereocenters. The maximum atomic E-state index is 12.3. The van der Waals surface area contributed by atoms with Gasteiger partial charge in [-0.15, -0.1) is 0 Å². The number of carbonyl (C=O) groups is 2. The summed E-state index contributed by atoms with van der Waals surface area (Å²) < 4.78 is 5.11. The number of esters is 1. The van der Waals surface area contributed by atoms with E-state index in [2.05, 4.69) is 6.08 Å². The first-order valence-corrected chi connectivity index (χ1v) is 6.62. The normalized spacial score (nSPS) is 26.9. The Balaban J connectivity index is 2.60. The highest BCUT2D eigenvalue weighted by Crippen LogP contribution is 2.48. The van der Waals surface area contributed by atoms with Crippen molar-refractivity contribution in [2.75, 3.05) is 6.61 Å². The molecule has 0 heterocycles. The molecule has 0 N–H and O–H groups in total. The van der Waals surface area contributed by atoms with E-state index in [1.807, 2.05) is 40.7 Å². The molecule has 0 amide bonds. The SMILES string of the molecule is CCC(C)C(=O)OCC(=O)[C@@]1(C)CC=CC1(C)C. The van der Waals surface area contributed by atoms with Gasteiger partial charge in [0.25, 0.3) is 0 Å². The second-order valence-electron chi connectivity index (χ2n) is 6.00. The Morgan fingerprint density at radius 1 is 1.33 bits per heavy atom. The Morgan fingerprint density at radius 2 is 1.94 bits per heavy atom. The Morgan fingerprint density at radius 3 is 2.39 bits per heavy atom. The molecule has 0 spiro atoms. The molecular formula is C15H24O3. The fraction of sp³-hybridized carbons (Fsp3) is 0.733. The van der Waals surface area contributed by atoms with Crippen LogP contribution >= 0.6 is 0 Å². The fourth-order valence-corrected chi connectivity index (χ4v) is 2.11. The van der Waals surface area contributed by atoms with Crippen LogP contribution in [0.5, 0.6) is 0 Å². The number of ether oxygens (including phenoxy) is 1. The smallest absolute Gasteiger partial charge is 0.309 e. The summed E-state index contributed by atoms with van der Waals surface area (Å²) >= 11 is 0. The van der Waals surface area contributed by atoms with E-state index in [1.165, 1.54) is 0 Å². The van der Waals surface area contributed by atoms with Crippen molar-refractivity contribution in [3.63, 3.8) is 0 Å². The number of Topliss-reactive ketones (excluding diaryl/α,β-unsaturated/α-hetero) is 1. The van der Waals surface area contributed by atoms with Gasteiger partial charge in [-0.3, -0.25) is 9.59 Å². The fourth-order valence-electron chi connectivity index (χ4n) is 2.11. The highest BCUT2D eigenvalue weighted by atomic mass is 16.5. The van der Waals surface area contributed by atoms with Gasteiger partial charge in [0.15, 0.2) is 12.4 Å². The first-order valence-electron chi connectivity index (χ1n) is 6.62. The van der Waals surface area contributed by atoms with E-state index < -0.39 is 5.41 Å². The molecule has 3 heteroatoms. The van der Waals surface area contributed by atoms with Gasteiger partial charge >= 0.3 is 5.97 Å². The number of ketones is 1. The quantitative estimate of drug-likeness (QED) is 0.557. The van der Waals surface area contributed by atoms with E-state index in [0.717, 1.165) is 12.8 Å². The number of hydrogen-bond donors (Lipinski definition) is 0. The van der Waals surface area contributed by atoms with Crippen LogP contribution in [0, 0.1) is 16.7 Å². The maximum Gasteiger partial charge on any atom is 0.309 e. The van der Waals surface area contributed by atoms with Crippen molar-refractivity contribution in [1.29, 1.82) is 0 Å². The minimum Gasteiger partial charge on any atom is -0.457 e. The van der Waals surface area contributed by atoms with Gasteiger partial charge in [-0.2, -0.15) is 0 Å². The molecule has 0 aromatic carbocycles. The minimum atomic E-state index is -0.456. The van der Waals surface area contributed by atoms with Gasteiger partial charge in [0.2, 0.25) is 0 Å². The Hall–Kier alpha value is -1.12. The summed E-state index contributed by atoms with van der Waals surface area (Å²) in [6, 6.07) is 0. The van der Waals surface area contributed by atoms with E-state index >= 15 is 0 Å². The lowest BCUT2D eigenvalue weighted by atomic mass is 9.66. The van der Waals surface area contributed by atoms with Crippen molar-refractivity contribution in [3.05, 3.63) is 12.2 Å². The Labute approximate surface area is 110 Å². The zero-order chi connectivity index (χ0) is 14.0. The molecule has 1 aliphatic rings. The lowest BCUT2D eigenvalue weighted by Gasteiger charge is -2.36. The molecule has 0 radical (unpaired) electrons. The van der Waals surface area contributed by atoms with E-state index in [-0.39, 0.29) is 29.7 Å². The summed E-state index contributed by atoms with van der Waals surface area (Å²) in [7, 11) is 0. The van der Waals surface area contributed by atoms with Crippen molar-refractivity contribution < 1.29 is 14.3 Å². The van der Waals surface area contributed by atoms with Gasteiger partial charge in [0.1, 0.15) is 0 Å². The van der Waals surface area contributed by atoms with Crippen LogP contribution in [-0.2, 0) is 14.3 Å². The van der Waals surface area contributed by atoms with E-state index in [4.69, 9.17) is 4.74 Å². The maximum absolute atomic E-state index is 12.3. The van der Waals surface area contributed by atoms with Crippen LogP contribution in [-0.4, -0.2) is 18.4 Å². The molecule has 0 aromatic heterocycles. The first-order chi connectivity index (χ1) is 8.24. The lowest BCUT2D eigenvalue weighted by molar-refractivity contribution is -0.155. The van der Waals surface area contributed by atoms with Crippen LogP contribution in [0.4, 0.5) is 0 Å². The summed E-state index contributed by atoms with van der Waals surface area (Å²) in [5, 5.41) is 0. The second-order valence-corrected chi connectivity index (χ2v) is 6.00. The van der Waals surface area contributed by atoms with Gasteiger partial charge in [0, 0.05) is 5.41 Å². The Kier molecular flexibility index (Phi) is 4.36. The summed E-state index contributed by atoms with van der Waals surface area (Å²) in [4.78, 5) is 23.8. The topological polar surface area (TPSA) is 43.4 Å². The number of allylic oxidation sites excluding steroid dienone is 2. The van der Waals surface area contributed by atoms with Crippen molar-refractivity contribution in [1.82, 2.24) is 0 Å². The van der Waals surface area contributed by atoms with E-state index in [1.54, 1.807) is 0 Å². The second kappa shape index (κ2) is 5.25. The van der Waals surface area contributed by atoms with Crippen molar-refractivity contribution in [2.24, 2.45) is 16.7 Å². The van der Waals surface area contributed by atoms with E-state index in [0.29, 0.717) is 0 Å². The molecule has 0 aliphatic heterocycles. The zero-order valence-corrected chi connectivity index (χ0v) is 12.1. The molecule has 1 rings (SSSR count). The highest BCUT2D eigenvalue weighted by molar-refractivity contribution is 5.89. The average molecular weight is 252 g/mol. The number of rotatable bonds is 5. The van der Waals surface area contributed by atoms with Gasteiger partial charge < -0.3 is 4.74 Å². The molecule has 102 valence electrons. The number of carbonyl (C=O) groups excluding carboxylic acids is 2. The molecule has 1 aliphatic carbocycles. The Bertz CT molecular complexity index is 368. The van der Waals surface area contributed by atoms with Crippen LogP contribution in [0.25, 0.3) is 0 Å². The summed E-state index contributed by atoms with van der Waals surface area (Å²) in [6.45, 7) is 9.68. The first kappa shape index (κ1) is 14.9. The largest absolute Gasteiger partial charge is 0.457 e. The summed E-state index contributed by atoms with van der Waals surface area (Å²) in [5.41, 5.74) is -0.629. The standard InChI is InChI=1S/C15H24O3/c1-6-11(2)13(17)18-10-12(16)15(5)9-7-8-14(15,3)4/h7-8,11H,6,9-10H2,1-5H3/t11?,15-/m1/s1. The molecule has 3 nitrogen and oxygen atoms in total. The predicted octanol–water partition coefficient (Wildman–Crippen LogP) is 3.14. The van der Waals surface area contributed by atoms with Crippen molar-refractivity contribution in [3.8, 4) is 0 Å². The van der Waals surface area contributed by atoms with Crippen LogP contribution in [0.3, 0.4) is 0 Å². The van der Waals surface area contributed by atoms with Gasteiger partial charge in [-0.1, -0.05) is 46.8 Å². The third kappa shape index (κ3) is 2.65. The number of hydrogen-bond acceptors (Lipinski definition) is 3. The van der Waals surface area contributed by atoms with E-state index in [9.17, 15) is 9.59 Å². The molecule has 0 bridgehead atoms. The third-order valence-electron chi connectivity index (χ3n) is 4.46. The van der Waals surface area contributed by atoms with Crippen molar-refractivity contribution >= 4 is 11.8 Å². The van der Waals surface area contributed by atoms with Gasteiger partial charge in [0.05, 0.1) is 5.92 Å². The average Bonchev–Trinajstić information content (AvgIpc) is 2.60.